The zero-order valence-corrected chi connectivity index (χ0v) is 11.0. The number of carboxylic acids is 1. The molecule has 1 unspecified atom stereocenters. The van der Waals surface area contributed by atoms with E-state index in [9.17, 15) is 4.79 Å². The van der Waals surface area contributed by atoms with Crippen LogP contribution in [0.25, 0.3) is 0 Å². The molecular formula is C5H10Cl3GeNO2. The summed E-state index contributed by atoms with van der Waals surface area (Å²) in [4.78, 5) is 10.5. The molecule has 7 heteroatoms. The first-order valence-corrected chi connectivity index (χ1v) is 12.5. The molecule has 0 saturated heterocycles. The van der Waals surface area contributed by atoms with E-state index in [-0.39, 0.29) is 0 Å². The Labute approximate surface area is 86.1 Å². The van der Waals surface area contributed by atoms with Crippen LogP contribution in [0.2, 0.25) is 4.25 Å². The van der Waals surface area contributed by atoms with Gasteiger partial charge in [0.05, 0.1) is 0 Å². The monoisotopic (exact) mass is 295 g/mol. The van der Waals surface area contributed by atoms with Crippen LogP contribution >= 0.6 is 30.0 Å². The van der Waals surface area contributed by atoms with E-state index < -0.39 is 26.7 Å². The number of halogens is 3. The predicted octanol–water partition coefficient (Wildman–Crippen LogP) is 1.83. The maximum atomic E-state index is 10.5. The van der Waals surface area contributed by atoms with E-state index in [4.69, 9.17) is 40.9 Å². The van der Waals surface area contributed by atoms with Gasteiger partial charge in [0.2, 0.25) is 0 Å². The average Bonchev–Trinajstić information content (AvgIpc) is 1.83. The Morgan fingerprint density at radius 2 is 1.83 bits per heavy atom. The van der Waals surface area contributed by atoms with Gasteiger partial charge < -0.3 is 0 Å². The van der Waals surface area contributed by atoms with Crippen molar-refractivity contribution in [3.63, 3.8) is 0 Å². The molecular weight excluding hydrogens is 285 g/mol. The third-order valence-electron chi connectivity index (χ3n) is 1.77. The Bertz CT molecular complexity index is 192. The minimum atomic E-state index is -3.59. The van der Waals surface area contributed by atoms with Gasteiger partial charge in [-0.15, -0.1) is 0 Å². The molecule has 0 aromatic heterocycles. The SMILES string of the molecule is C[C](C)(C(N)C(=O)O)[Ge]([Cl])([Cl])[Cl]. The number of carbonyl (C=O) groups is 1. The van der Waals surface area contributed by atoms with Crippen LogP contribution in [0.4, 0.5) is 0 Å². The molecule has 0 saturated carbocycles. The molecule has 72 valence electrons. The van der Waals surface area contributed by atoms with Crippen LogP contribution in [0.5, 0.6) is 0 Å². The van der Waals surface area contributed by atoms with Gasteiger partial charge in [-0.2, -0.15) is 0 Å². The van der Waals surface area contributed by atoms with Crippen LogP contribution in [0.3, 0.4) is 0 Å². The molecule has 1 atom stereocenters. The van der Waals surface area contributed by atoms with Crippen molar-refractivity contribution in [2.24, 2.45) is 5.73 Å². The Morgan fingerprint density at radius 3 is 1.92 bits per heavy atom. The summed E-state index contributed by atoms with van der Waals surface area (Å²) in [6.45, 7) is 3.14. The van der Waals surface area contributed by atoms with Crippen molar-refractivity contribution in [1.82, 2.24) is 0 Å². The molecule has 3 nitrogen and oxygen atoms in total. The van der Waals surface area contributed by atoms with Crippen molar-refractivity contribution in [2.75, 3.05) is 0 Å². The first kappa shape index (κ1) is 12.8. The van der Waals surface area contributed by atoms with E-state index in [0.29, 0.717) is 0 Å². The fraction of sp³-hybridized carbons (Fsp3) is 0.800. The standard InChI is InChI=1S/C5H10Cl3GeNO2/c1-5(2,9(6,7)8)3(10)4(11)12/h3H,10H2,1-2H3,(H,11,12). The summed E-state index contributed by atoms with van der Waals surface area (Å²) in [7, 11) is 13.6. The summed E-state index contributed by atoms with van der Waals surface area (Å²) in [5.74, 6) is -1.14. The molecule has 0 aliphatic heterocycles. The number of carboxylic acid groups (broad SMARTS) is 1. The Morgan fingerprint density at radius 1 is 1.50 bits per heavy atom. The van der Waals surface area contributed by atoms with Gasteiger partial charge in [0.25, 0.3) is 0 Å². The van der Waals surface area contributed by atoms with Crippen molar-refractivity contribution >= 4 is 46.5 Å². The van der Waals surface area contributed by atoms with Crippen LogP contribution in [-0.4, -0.2) is 27.6 Å². The number of rotatable bonds is 3. The second-order valence-corrected chi connectivity index (χ2v) is 19.7. The van der Waals surface area contributed by atoms with Crippen LogP contribution < -0.4 is 5.73 Å². The molecule has 0 heterocycles. The molecule has 0 aliphatic rings. The van der Waals surface area contributed by atoms with E-state index in [2.05, 4.69) is 0 Å². The van der Waals surface area contributed by atoms with Crippen LogP contribution in [0.1, 0.15) is 13.8 Å². The second-order valence-electron chi connectivity index (χ2n) is 3.04. The first-order valence-electron chi connectivity index (χ1n) is 3.16. The van der Waals surface area contributed by atoms with Gasteiger partial charge in [-0.25, -0.2) is 0 Å². The van der Waals surface area contributed by atoms with Crippen molar-refractivity contribution in [1.29, 1.82) is 0 Å². The molecule has 12 heavy (non-hydrogen) atoms. The quantitative estimate of drug-likeness (QED) is 0.781. The van der Waals surface area contributed by atoms with Gasteiger partial charge in [-0.1, -0.05) is 0 Å². The van der Waals surface area contributed by atoms with E-state index in [1.165, 1.54) is 0 Å². The molecule has 0 aliphatic carbocycles. The van der Waals surface area contributed by atoms with Crippen molar-refractivity contribution in [3.05, 3.63) is 0 Å². The molecule has 0 aromatic rings. The number of aliphatic carboxylic acids is 1. The van der Waals surface area contributed by atoms with E-state index >= 15 is 0 Å². The van der Waals surface area contributed by atoms with Crippen molar-refractivity contribution in [3.8, 4) is 0 Å². The van der Waals surface area contributed by atoms with E-state index in [1.54, 1.807) is 13.8 Å². The summed E-state index contributed by atoms with van der Waals surface area (Å²) in [6, 6.07) is -1.12. The molecule has 0 radical (unpaired) electrons. The summed E-state index contributed by atoms with van der Waals surface area (Å²) >= 11 is 0. The summed E-state index contributed by atoms with van der Waals surface area (Å²) in [6.07, 6.45) is 0. The van der Waals surface area contributed by atoms with Gasteiger partial charge in [0, 0.05) is 0 Å². The molecule has 0 spiro atoms. The fourth-order valence-electron chi connectivity index (χ4n) is 0.485. The average molecular weight is 295 g/mol. The van der Waals surface area contributed by atoms with E-state index in [1.807, 2.05) is 0 Å². The summed E-state index contributed by atoms with van der Waals surface area (Å²) in [5.41, 5.74) is 5.37. The van der Waals surface area contributed by atoms with Gasteiger partial charge in [-0.3, -0.25) is 0 Å². The molecule has 0 aromatic carbocycles. The Hall–Kier alpha value is 0.843. The number of hydrogen-bond acceptors (Lipinski definition) is 2. The number of nitrogens with two attached hydrogens (primary N) is 1. The summed E-state index contributed by atoms with van der Waals surface area (Å²) < 4.78 is -0.920. The third kappa shape index (κ3) is 2.67. The summed E-state index contributed by atoms with van der Waals surface area (Å²) in [5, 5.41) is 8.61. The zero-order chi connectivity index (χ0) is 10.2. The molecule has 0 bridgehead atoms. The van der Waals surface area contributed by atoms with Crippen molar-refractivity contribution < 1.29 is 9.90 Å². The zero-order valence-electron chi connectivity index (χ0n) is 6.64. The Kier molecular flexibility index (Phi) is 4.20. The van der Waals surface area contributed by atoms with Gasteiger partial charge >= 0.3 is 86.2 Å². The van der Waals surface area contributed by atoms with Crippen LogP contribution in [-0.2, 0) is 4.79 Å². The number of hydrogen-bond donors (Lipinski definition) is 2. The molecule has 0 fully saturated rings. The van der Waals surface area contributed by atoms with Crippen molar-refractivity contribution in [2.45, 2.75) is 24.1 Å². The molecule has 0 amide bonds. The van der Waals surface area contributed by atoms with Gasteiger partial charge in [-0.05, 0) is 0 Å². The van der Waals surface area contributed by atoms with Crippen LogP contribution in [0, 0.1) is 0 Å². The van der Waals surface area contributed by atoms with Gasteiger partial charge in [0.1, 0.15) is 0 Å². The first-order chi connectivity index (χ1) is 5.10. The fourth-order valence-corrected chi connectivity index (χ4v) is 3.32. The Balaban J connectivity index is 4.73. The normalized spacial score (nSPS) is 15.8. The topological polar surface area (TPSA) is 63.3 Å². The minimum absolute atomic E-state index is 0.920. The second kappa shape index (κ2) is 3.92. The molecule has 3 N–H and O–H groups in total. The predicted molar refractivity (Wildman–Crippen MR) is 53.0 cm³/mol. The van der Waals surface area contributed by atoms with Crippen LogP contribution in [0.15, 0.2) is 0 Å². The molecule has 0 rings (SSSR count). The third-order valence-corrected chi connectivity index (χ3v) is 13.1. The van der Waals surface area contributed by atoms with Gasteiger partial charge in [0.15, 0.2) is 0 Å². The maximum absolute atomic E-state index is 10.5. The van der Waals surface area contributed by atoms with E-state index in [0.717, 1.165) is 0 Å².